The van der Waals surface area contributed by atoms with Crippen molar-refractivity contribution in [3.05, 3.63) is 45.4 Å². The highest BCUT2D eigenvalue weighted by Gasteiger charge is 2.10. The van der Waals surface area contributed by atoms with Gasteiger partial charge in [0.05, 0.1) is 16.8 Å². The Kier molecular flexibility index (Phi) is 3.99. The fourth-order valence-corrected chi connectivity index (χ4v) is 2.34. The Balaban J connectivity index is 2.15. The standard InChI is InChI=1S/C14H17NO2S/c1-9-4-5-13(10(2)16)14(6-9)17-7-12-8-18-11(3)15-12/h4-6,8,10,16H,7H2,1-3H3. The molecule has 0 aliphatic carbocycles. The highest BCUT2D eigenvalue weighted by atomic mass is 32.1. The number of thiazole rings is 1. The van der Waals surface area contributed by atoms with Crippen LogP contribution in [0.15, 0.2) is 23.6 Å². The van der Waals surface area contributed by atoms with E-state index in [-0.39, 0.29) is 0 Å². The Hall–Kier alpha value is -1.39. The maximum Gasteiger partial charge on any atom is 0.131 e. The lowest BCUT2D eigenvalue weighted by Crippen LogP contribution is -2.01. The first-order chi connectivity index (χ1) is 8.56. The molecule has 0 aliphatic heterocycles. The normalized spacial score (nSPS) is 12.4. The molecule has 1 unspecified atom stereocenters. The highest BCUT2D eigenvalue weighted by Crippen LogP contribution is 2.27. The van der Waals surface area contributed by atoms with E-state index >= 15 is 0 Å². The van der Waals surface area contributed by atoms with Gasteiger partial charge in [-0.3, -0.25) is 0 Å². The summed E-state index contributed by atoms with van der Waals surface area (Å²) >= 11 is 1.61. The average molecular weight is 263 g/mol. The van der Waals surface area contributed by atoms with Gasteiger partial charge in [0.15, 0.2) is 0 Å². The number of benzene rings is 1. The van der Waals surface area contributed by atoms with Crippen molar-refractivity contribution >= 4 is 11.3 Å². The molecule has 1 atom stereocenters. The van der Waals surface area contributed by atoms with Gasteiger partial charge in [0.25, 0.3) is 0 Å². The molecule has 1 aromatic heterocycles. The lowest BCUT2D eigenvalue weighted by atomic mass is 10.1. The average Bonchev–Trinajstić information content (AvgIpc) is 2.72. The first-order valence-corrected chi connectivity index (χ1v) is 6.76. The Morgan fingerprint density at radius 3 is 2.78 bits per heavy atom. The van der Waals surface area contributed by atoms with Gasteiger partial charge >= 0.3 is 0 Å². The lowest BCUT2D eigenvalue weighted by Gasteiger charge is -2.13. The minimum absolute atomic E-state index is 0.438. The molecule has 0 saturated heterocycles. The molecule has 1 N–H and O–H groups in total. The van der Waals surface area contributed by atoms with Gasteiger partial charge in [-0.05, 0) is 32.4 Å². The van der Waals surface area contributed by atoms with Crippen molar-refractivity contribution in [3.8, 4) is 5.75 Å². The number of aryl methyl sites for hydroxylation is 2. The van der Waals surface area contributed by atoms with Crippen molar-refractivity contribution in [1.82, 2.24) is 4.98 Å². The molecule has 0 aliphatic rings. The molecule has 0 fully saturated rings. The van der Waals surface area contributed by atoms with E-state index in [0.717, 1.165) is 27.6 Å². The molecular formula is C14H17NO2S. The van der Waals surface area contributed by atoms with Crippen LogP contribution < -0.4 is 4.74 Å². The van der Waals surface area contributed by atoms with Gasteiger partial charge in [-0.15, -0.1) is 11.3 Å². The molecule has 1 aromatic carbocycles. The van der Waals surface area contributed by atoms with Gasteiger partial charge in [-0.1, -0.05) is 12.1 Å². The summed E-state index contributed by atoms with van der Waals surface area (Å²) < 4.78 is 5.76. The first-order valence-electron chi connectivity index (χ1n) is 5.88. The van der Waals surface area contributed by atoms with E-state index in [4.69, 9.17) is 4.74 Å². The molecule has 1 heterocycles. The molecule has 0 spiro atoms. The summed E-state index contributed by atoms with van der Waals surface area (Å²) in [7, 11) is 0. The Bertz CT molecular complexity index is 534. The van der Waals surface area contributed by atoms with Gasteiger partial charge in [0.1, 0.15) is 12.4 Å². The number of aliphatic hydroxyl groups excluding tert-OH is 1. The summed E-state index contributed by atoms with van der Waals surface area (Å²) in [6, 6.07) is 5.82. The van der Waals surface area contributed by atoms with Crippen molar-refractivity contribution in [1.29, 1.82) is 0 Å². The monoisotopic (exact) mass is 263 g/mol. The lowest BCUT2D eigenvalue weighted by molar-refractivity contribution is 0.190. The third kappa shape index (κ3) is 3.09. The van der Waals surface area contributed by atoms with Crippen molar-refractivity contribution in [2.75, 3.05) is 0 Å². The van der Waals surface area contributed by atoms with E-state index in [2.05, 4.69) is 4.98 Å². The number of aliphatic hydroxyl groups is 1. The number of rotatable bonds is 4. The molecule has 0 bridgehead atoms. The van der Waals surface area contributed by atoms with E-state index in [1.54, 1.807) is 18.3 Å². The van der Waals surface area contributed by atoms with Crippen LogP contribution in [-0.4, -0.2) is 10.1 Å². The van der Waals surface area contributed by atoms with Crippen LogP contribution in [0.2, 0.25) is 0 Å². The second-order valence-electron chi connectivity index (χ2n) is 4.36. The van der Waals surface area contributed by atoms with E-state index in [1.807, 2.05) is 37.4 Å². The summed E-state index contributed by atoms with van der Waals surface area (Å²) in [6.07, 6.45) is -0.530. The molecule has 4 heteroatoms. The largest absolute Gasteiger partial charge is 0.487 e. The fourth-order valence-electron chi connectivity index (χ4n) is 1.74. The Morgan fingerprint density at radius 2 is 2.17 bits per heavy atom. The number of nitrogens with zero attached hydrogens (tertiary/aromatic N) is 1. The quantitative estimate of drug-likeness (QED) is 0.919. The number of hydrogen-bond donors (Lipinski definition) is 1. The van der Waals surface area contributed by atoms with Gasteiger partial charge in [-0.25, -0.2) is 4.98 Å². The second kappa shape index (κ2) is 5.50. The molecule has 2 aromatic rings. The Labute approximate surface area is 111 Å². The second-order valence-corrected chi connectivity index (χ2v) is 5.43. The predicted molar refractivity (Wildman–Crippen MR) is 73.0 cm³/mol. The highest BCUT2D eigenvalue weighted by molar-refractivity contribution is 7.09. The topological polar surface area (TPSA) is 42.4 Å². The zero-order valence-electron chi connectivity index (χ0n) is 10.8. The van der Waals surface area contributed by atoms with Crippen molar-refractivity contribution < 1.29 is 9.84 Å². The predicted octanol–water partition coefficient (Wildman–Crippen LogP) is 3.39. The minimum atomic E-state index is -0.530. The van der Waals surface area contributed by atoms with Gasteiger partial charge in [0, 0.05) is 10.9 Å². The van der Waals surface area contributed by atoms with Crippen molar-refractivity contribution in [2.45, 2.75) is 33.5 Å². The molecule has 0 amide bonds. The molecule has 3 nitrogen and oxygen atoms in total. The van der Waals surface area contributed by atoms with E-state index in [0.29, 0.717) is 6.61 Å². The van der Waals surface area contributed by atoms with Crippen LogP contribution >= 0.6 is 11.3 Å². The third-order valence-electron chi connectivity index (χ3n) is 2.66. The zero-order valence-corrected chi connectivity index (χ0v) is 11.6. The van der Waals surface area contributed by atoms with Crippen molar-refractivity contribution in [3.63, 3.8) is 0 Å². The summed E-state index contributed by atoms with van der Waals surface area (Å²) in [5, 5.41) is 12.7. The molecular weight excluding hydrogens is 246 g/mol. The summed E-state index contributed by atoms with van der Waals surface area (Å²) in [4.78, 5) is 4.35. The van der Waals surface area contributed by atoms with Gasteiger partial charge in [0.2, 0.25) is 0 Å². The minimum Gasteiger partial charge on any atom is -0.487 e. The molecule has 0 saturated carbocycles. The number of hydrogen-bond acceptors (Lipinski definition) is 4. The van der Waals surface area contributed by atoms with Crippen molar-refractivity contribution in [2.24, 2.45) is 0 Å². The van der Waals surface area contributed by atoms with E-state index in [1.165, 1.54) is 0 Å². The Morgan fingerprint density at radius 1 is 1.39 bits per heavy atom. The van der Waals surface area contributed by atoms with Crippen LogP contribution in [0.1, 0.15) is 34.9 Å². The van der Waals surface area contributed by atoms with Gasteiger partial charge < -0.3 is 9.84 Å². The SMILES string of the molecule is Cc1ccc(C(C)O)c(OCc2csc(C)n2)c1. The number of aromatic nitrogens is 1. The van der Waals surface area contributed by atoms with Crippen LogP contribution in [0.4, 0.5) is 0 Å². The van der Waals surface area contributed by atoms with Gasteiger partial charge in [-0.2, -0.15) is 0 Å². The summed E-state index contributed by atoms with van der Waals surface area (Å²) in [6.45, 7) is 6.16. The van der Waals surface area contributed by atoms with E-state index in [9.17, 15) is 5.11 Å². The van der Waals surface area contributed by atoms with Crippen LogP contribution in [0.5, 0.6) is 5.75 Å². The van der Waals surface area contributed by atoms with Crippen LogP contribution in [0.25, 0.3) is 0 Å². The summed E-state index contributed by atoms with van der Waals surface area (Å²) in [5.74, 6) is 0.732. The maximum absolute atomic E-state index is 9.70. The van der Waals surface area contributed by atoms with Crippen LogP contribution in [0.3, 0.4) is 0 Å². The van der Waals surface area contributed by atoms with E-state index < -0.39 is 6.10 Å². The molecule has 0 radical (unpaired) electrons. The van der Waals surface area contributed by atoms with Crippen LogP contribution in [0, 0.1) is 13.8 Å². The zero-order chi connectivity index (χ0) is 13.1. The number of ether oxygens (including phenoxy) is 1. The molecule has 96 valence electrons. The smallest absolute Gasteiger partial charge is 0.131 e. The fraction of sp³-hybridized carbons (Fsp3) is 0.357. The summed E-state index contributed by atoms with van der Waals surface area (Å²) in [5.41, 5.74) is 2.85. The first kappa shape index (κ1) is 13.1. The maximum atomic E-state index is 9.70. The molecule has 18 heavy (non-hydrogen) atoms. The van der Waals surface area contributed by atoms with Crippen LogP contribution in [-0.2, 0) is 6.61 Å². The third-order valence-corrected chi connectivity index (χ3v) is 3.48. The molecule has 2 rings (SSSR count).